The minimum absolute atomic E-state index is 0.0369. The summed E-state index contributed by atoms with van der Waals surface area (Å²) in [4.78, 5) is 0.0369. The second kappa shape index (κ2) is 6.91. The molecule has 2 N–H and O–H groups in total. The van der Waals surface area contributed by atoms with Crippen LogP contribution in [0, 0.1) is 0 Å². The van der Waals surface area contributed by atoms with Crippen LogP contribution in [-0.2, 0) is 14.8 Å². The van der Waals surface area contributed by atoms with Gasteiger partial charge < -0.3 is 10.5 Å². The second-order valence-corrected chi connectivity index (χ2v) is 6.17. The number of anilines is 1. The fourth-order valence-corrected chi connectivity index (χ4v) is 3.21. The van der Waals surface area contributed by atoms with Crippen LogP contribution in [0.5, 0.6) is 0 Å². The molecule has 19 heavy (non-hydrogen) atoms. The van der Waals surface area contributed by atoms with Crippen molar-refractivity contribution in [2.75, 3.05) is 32.5 Å². The Kier molecular flexibility index (Phi) is 5.81. The van der Waals surface area contributed by atoms with Gasteiger partial charge in [-0.2, -0.15) is 4.31 Å². The van der Waals surface area contributed by atoms with E-state index in [1.165, 1.54) is 35.7 Å². The first kappa shape index (κ1) is 16.0. The van der Waals surface area contributed by atoms with Gasteiger partial charge in [0.1, 0.15) is 4.90 Å². The number of nitrogens with two attached hydrogens (primary N) is 1. The molecule has 0 bridgehead atoms. The summed E-state index contributed by atoms with van der Waals surface area (Å²) in [5.74, 6) is 0. The molecule has 0 radical (unpaired) electrons. The van der Waals surface area contributed by atoms with Gasteiger partial charge in [-0.25, -0.2) is 8.42 Å². The van der Waals surface area contributed by atoms with Gasteiger partial charge in [-0.3, -0.25) is 0 Å². The van der Waals surface area contributed by atoms with Gasteiger partial charge in [0, 0.05) is 25.2 Å². The van der Waals surface area contributed by atoms with Crippen LogP contribution in [0.4, 0.5) is 5.69 Å². The van der Waals surface area contributed by atoms with Crippen LogP contribution in [0.1, 0.15) is 0 Å². The fraction of sp³-hybridized carbons (Fsp3) is 0.333. The Bertz CT molecular complexity index is 546. The number of ether oxygens (including phenoxy) is 1. The summed E-state index contributed by atoms with van der Waals surface area (Å²) in [5, 5.41) is 0.392. The zero-order valence-corrected chi connectivity index (χ0v) is 12.2. The quantitative estimate of drug-likeness (QED) is 0.615. The molecule has 7 heteroatoms. The lowest BCUT2D eigenvalue weighted by Crippen LogP contribution is -2.34. The zero-order chi connectivity index (χ0) is 14.5. The predicted octanol–water partition coefficient (Wildman–Crippen LogP) is 1.75. The minimum atomic E-state index is -3.68. The van der Waals surface area contributed by atoms with E-state index in [2.05, 4.69) is 6.58 Å². The molecule has 1 aromatic rings. The number of nitrogens with zero attached hydrogens (tertiary/aromatic N) is 1. The van der Waals surface area contributed by atoms with E-state index in [-0.39, 0.29) is 23.7 Å². The fourth-order valence-electron chi connectivity index (χ4n) is 1.54. The lowest BCUT2D eigenvalue weighted by molar-refractivity contribution is 0.182. The molecular formula is C12H17ClN2O3S. The lowest BCUT2D eigenvalue weighted by atomic mass is 10.3. The van der Waals surface area contributed by atoms with Crippen molar-refractivity contribution in [1.82, 2.24) is 4.31 Å². The number of halogens is 1. The van der Waals surface area contributed by atoms with Crippen molar-refractivity contribution >= 4 is 27.3 Å². The molecular weight excluding hydrogens is 288 g/mol. The Balaban J connectivity index is 3.14. The third kappa shape index (κ3) is 3.94. The van der Waals surface area contributed by atoms with Crippen molar-refractivity contribution in [3.63, 3.8) is 0 Å². The first-order chi connectivity index (χ1) is 8.93. The molecule has 1 rings (SSSR count). The number of rotatable bonds is 7. The Morgan fingerprint density at radius 2 is 2.21 bits per heavy atom. The smallest absolute Gasteiger partial charge is 0.245 e. The van der Waals surface area contributed by atoms with E-state index in [1.54, 1.807) is 0 Å². The maximum atomic E-state index is 12.5. The van der Waals surface area contributed by atoms with Crippen LogP contribution in [0.25, 0.3) is 0 Å². The van der Waals surface area contributed by atoms with Crippen molar-refractivity contribution in [2.24, 2.45) is 0 Å². The molecule has 0 aliphatic heterocycles. The molecule has 0 saturated heterocycles. The van der Waals surface area contributed by atoms with E-state index in [0.717, 1.165) is 0 Å². The standard InChI is InChI=1S/C12H17ClN2O3S/c1-3-6-15(7-8-18-2)19(16,17)12-5-4-10(13)9-11(12)14/h3-5,9H,1,6-8,14H2,2H3. The van der Waals surface area contributed by atoms with Gasteiger partial charge in [0.05, 0.1) is 12.3 Å². The normalized spacial score (nSPS) is 11.7. The first-order valence-electron chi connectivity index (χ1n) is 5.58. The van der Waals surface area contributed by atoms with E-state index >= 15 is 0 Å². The summed E-state index contributed by atoms with van der Waals surface area (Å²) >= 11 is 5.77. The summed E-state index contributed by atoms with van der Waals surface area (Å²) < 4.78 is 31.1. The third-order valence-electron chi connectivity index (χ3n) is 2.47. The molecule has 0 saturated carbocycles. The monoisotopic (exact) mass is 304 g/mol. The molecule has 0 heterocycles. The van der Waals surface area contributed by atoms with Gasteiger partial charge in [0.25, 0.3) is 0 Å². The van der Waals surface area contributed by atoms with Gasteiger partial charge in [-0.05, 0) is 18.2 Å². The predicted molar refractivity (Wildman–Crippen MR) is 76.7 cm³/mol. The van der Waals surface area contributed by atoms with Crippen molar-refractivity contribution in [2.45, 2.75) is 4.90 Å². The molecule has 0 spiro atoms. The minimum Gasteiger partial charge on any atom is -0.398 e. The lowest BCUT2D eigenvalue weighted by Gasteiger charge is -2.21. The van der Waals surface area contributed by atoms with Crippen LogP contribution < -0.4 is 5.73 Å². The summed E-state index contributed by atoms with van der Waals surface area (Å²) in [6.45, 7) is 4.26. The molecule has 0 unspecified atom stereocenters. The van der Waals surface area contributed by atoms with Crippen molar-refractivity contribution < 1.29 is 13.2 Å². The maximum absolute atomic E-state index is 12.5. The van der Waals surface area contributed by atoms with Crippen molar-refractivity contribution in [1.29, 1.82) is 0 Å². The third-order valence-corrected chi connectivity index (χ3v) is 4.64. The largest absolute Gasteiger partial charge is 0.398 e. The van der Waals surface area contributed by atoms with Gasteiger partial charge in [-0.1, -0.05) is 17.7 Å². The van der Waals surface area contributed by atoms with E-state index in [9.17, 15) is 8.42 Å². The zero-order valence-electron chi connectivity index (χ0n) is 10.7. The second-order valence-electron chi connectivity index (χ2n) is 3.83. The summed E-state index contributed by atoms with van der Waals surface area (Å²) in [6.07, 6.45) is 1.51. The Morgan fingerprint density at radius 1 is 1.53 bits per heavy atom. The van der Waals surface area contributed by atoms with E-state index in [0.29, 0.717) is 11.6 Å². The van der Waals surface area contributed by atoms with Crippen molar-refractivity contribution in [3.05, 3.63) is 35.9 Å². The number of methoxy groups -OCH3 is 1. The summed E-state index contributed by atoms with van der Waals surface area (Å²) in [7, 11) is -2.18. The Morgan fingerprint density at radius 3 is 2.74 bits per heavy atom. The van der Waals surface area contributed by atoms with E-state index in [4.69, 9.17) is 22.1 Å². The molecule has 0 aliphatic carbocycles. The first-order valence-corrected chi connectivity index (χ1v) is 7.40. The molecule has 106 valence electrons. The number of nitrogen functional groups attached to an aromatic ring is 1. The molecule has 0 atom stereocenters. The Labute approximate surface area is 118 Å². The summed E-state index contributed by atoms with van der Waals surface area (Å²) in [6, 6.07) is 4.31. The van der Waals surface area contributed by atoms with Gasteiger partial charge in [-0.15, -0.1) is 6.58 Å². The molecule has 0 aliphatic rings. The number of hydrogen-bond acceptors (Lipinski definition) is 4. The summed E-state index contributed by atoms with van der Waals surface area (Å²) in [5.41, 5.74) is 5.85. The van der Waals surface area contributed by atoms with Crippen molar-refractivity contribution in [3.8, 4) is 0 Å². The SMILES string of the molecule is C=CCN(CCOC)S(=O)(=O)c1ccc(Cl)cc1N. The topological polar surface area (TPSA) is 72.6 Å². The van der Waals surface area contributed by atoms with Gasteiger partial charge >= 0.3 is 0 Å². The molecule has 0 amide bonds. The van der Waals surface area contributed by atoms with Crippen LogP contribution in [0.2, 0.25) is 5.02 Å². The van der Waals surface area contributed by atoms with Gasteiger partial charge in [0.2, 0.25) is 10.0 Å². The van der Waals surface area contributed by atoms with Gasteiger partial charge in [0.15, 0.2) is 0 Å². The van der Waals surface area contributed by atoms with Crippen LogP contribution in [0.3, 0.4) is 0 Å². The Hall–Kier alpha value is -1.08. The molecule has 5 nitrogen and oxygen atoms in total. The highest BCUT2D eigenvalue weighted by molar-refractivity contribution is 7.89. The van der Waals surface area contributed by atoms with Crippen LogP contribution in [0.15, 0.2) is 35.7 Å². The molecule has 0 aromatic heterocycles. The maximum Gasteiger partial charge on any atom is 0.245 e. The highest BCUT2D eigenvalue weighted by atomic mass is 35.5. The number of sulfonamides is 1. The highest BCUT2D eigenvalue weighted by Crippen LogP contribution is 2.25. The van der Waals surface area contributed by atoms with E-state index < -0.39 is 10.0 Å². The average molecular weight is 305 g/mol. The van der Waals surface area contributed by atoms with Crippen LogP contribution >= 0.6 is 11.6 Å². The average Bonchev–Trinajstić information content (AvgIpc) is 2.33. The molecule has 0 fully saturated rings. The van der Waals surface area contributed by atoms with Crippen LogP contribution in [-0.4, -0.2) is 39.5 Å². The molecule has 1 aromatic carbocycles. The van der Waals surface area contributed by atoms with E-state index in [1.807, 2.05) is 0 Å². The number of hydrogen-bond donors (Lipinski definition) is 1. The number of benzene rings is 1. The highest BCUT2D eigenvalue weighted by Gasteiger charge is 2.25.